The third-order valence-electron chi connectivity index (χ3n) is 4.75. The highest BCUT2D eigenvalue weighted by atomic mass is 35.5. The Hall–Kier alpha value is -1.63. The van der Waals surface area contributed by atoms with E-state index in [-0.39, 0.29) is 17.8 Å². The van der Waals surface area contributed by atoms with Gasteiger partial charge in [-0.05, 0) is 43.0 Å². The Balaban J connectivity index is 2.36. The van der Waals surface area contributed by atoms with Crippen LogP contribution in [0.25, 0.3) is 0 Å². The number of methoxy groups -OCH3 is 1. The van der Waals surface area contributed by atoms with E-state index in [1.807, 2.05) is 12.1 Å². The van der Waals surface area contributed by atoms with Gasteiger partial charge in [-0.15, -0.1) is 0 Å². The zero-order valence-corrected chi connectivity index (χ0v) is 16.0. The van der Waals surface area contributed by atoms with Crippen molar-refractivity contribution in [3.63, 3.8) is 0 Å². The summed E-state index contributed by atoms with van der Waals surface area (Å²) in [6.45, 7) is 3.91. The van der Waals surface area contributed by atoms with Gasteiger partial charge in [-0.1, -0.05) is 17.7 Å². The molecule has 1 aliphatic heterocycles. The fraction of sp³-hybridized carbons (Fsp3) is 0.579. The highest BCUT2D eigenvalue weighted by molar-refractivity contribution is 6.30. The van der Waals surface area contributed by atoms with Crippen molar-refractivity contribution >= 4 is 24.0 Å². The van der Waals surface area contributed by atoms with Crippen LogP contribution in [0.3, 0.4) is 0 Å². The average molecular weight is 384 g/mol. The van der Waals surface area contributed by atoms with E-state index in [1.54, 1.807) is 20.1 Å². The van der Waals surface area contributed by atoms with Crippen LogP contribution >= 0.6 is 11.6 Å². The van der Waals surface area contributed by atoms with E-state index < -0.39 is 6.04 Å². The molecule has 0 aromatic heterocycles. The average Bonchev–Trinajstić information content (AvgIpc) is 2.62. The first-order chi connectivity index (χ1) is 12.5. The van der Waals surface area contributed by atoms with Crippen LogP contribution in [0.5, 0.6) is 0 Å². The minimum Gasteiger partial charge on any atom is -0.466 e. The molecule has 1 saturated heterocycles. The molecule has 1 unspecified atom stereocenters. The van der Waals surface area contributed by atoms with Crippen LogP contribution in [-0.4, -0.2) is 45.9 Å². The molecule has 1 atom stereocenters. The first-order valence-electron chi connectivity index (χ1n) is 8.77. The fourth-order valence-electron chi connectivity index (χ4n) is 3.42. The van der Waals surface area contributed by atoms with Crippen LogP contribution in [-0.2, 0) is 29.2 Å². The maximum absolute atomic E-state index is 11.9. The lowest BCUT2D eigenvalue weighted by Gasteiger charge is -2.37. The van der Waals surface area contributed by atoms with Crippen molar-refractivity contribution in [2.45, 2.75) is 37.6 Å². The van der Waals surface area contributed by atoms with Gasteiger partial charge in [-0.3, -0.25) is 9.59 Å². The summed E-state index contributed by atoms with van der Waals surface area (Å²) in [7, 11) is 1.68. The summed E-state index contributed by atoms with van der Waals surface area (Å²) in [5, 5.41) is 3.25. The van der Waals surface area contributed by atoms with Crippen molar-refractivity contribution in [1.82, 2.24) is 5.32 Å². The van der Waals surface area contributed by atoms with Gasteiger partial charge in [0.1, 0.15) is 0 Å². The van der Waals surface area contributed by atoms with Crippen LogP contribution < -0.4 is 5.32 Å². The number of hydrogen-bond acceptors (Lipinski definition) is 5. The van der Waals surface area contributed by atoms with E-state index >= 15 is 0 Å². The van der Waals surface area contributed by atoms with Gasteiger partial charge in [0, 0.05) is 30.8 Å². The highest BCUT2D eigenvalue weighted by Gasteiger charge is 2.35. The molecule has 1 fully saturated rings. The van der Waals surface area contributed by atoms with Crippen molar-refractivity contribution in [3.05, 3.63) is 34.3 Å². The molecule has 1 aromatic rings. The van der Waals surface area contributed by atoms with Gasteiger partial charge in [0.2, 0.25) is 6.41 Å². The predicted octanol–water partition coefficient (Wildman–Crippen LogP) is 2.77. The van der Waals surface area contributed by atoms with Crippen molar-refractivity contribution < 1.29 is 23.8 Å². The maximum Gasteiger partial charge on any atom is 0.308 e. The third kappa shape index (κ3) is 5.19. The number of esters is 1. The Kier molecular flexibility index (Phi) is 7.87. The predicted molar refractivity (Wildman–Crippen MR) is 98.2 cm³/mol. The lowest BCUT2D eigenvalue weighted by Crippen LogP contribution is -2.38. The van der Waals surface area contributed by atoms with Crippen LogP contribution in [0.1, 0.15) is 43.4 Å². The van der Waals surface area contributed by atoms with Gasteiger partial charge in [0.05, 0.1) is 25.7 Å². The van der Waals surface area contributed by atoms with Gasteiger partial charge < -0.3 is 19.5 Å². The number of ether oxygens (including phenoxy) is 3. The molecule has 26 heavy (non-hydrogen) atoms. The third-order valence-corrected chi connectivity index (χ3v) is 4.97. The normalized spacial score (nSPS) is 17.3. The number of halogens is 1. The Morgan fingerprint density at radius 3 is 2.73 bits per heavy atom. The van der Waals surface area contributed by atoms with Crippen LogP contribution in [0.4, 0.5) is 0 Å². The summed E-state index contributed by atoms with van der Waals surface area (Å²) >= 11 is 6.37. The Morgan fingerprint density at radius 1 is 1.38 bits per heavy atom. The SMILES string of the molecule is CCOC(=O)CC(NC=O)c1cc(Cl)cc(C2(COC)CCOCC2)c1. The summed E-state index contributed by atoms with van der Waals surface area (Å²) in [4.78, 5) is 22.9. The van der Waals surface area contributed by atoms with Gasteiger partial charge in [0.15, 0.2) is 0 Å². The summed E-state index contributed by atoms with van der Waals surface area (Å²) in [5.41, 5.74) is 1.61. The molecule has 0 aliphatic carbocycles. The fourth-order valence-corrected chi connectivity index (χ4v) is 3.66. The van der Waals surface area contributed by atoms with Crippen molar-refractivity contribution in [1.29, 1.82) is 0 Å². The van der Waals surface area contributed by atoms with Crippen molar-refractivity contribution in [2.24, 2.45) is 0 Å². The van der Waals surface area contributed by atoms with Crippen LogP contribution in [0.2, 0.25) is 5.02 Å². The van der Waals surface area contributed by atoms with Gasteiger partial charge >= 0.3 is 5.97 Å². The first kappa shape index (κ1) is 20.7. The van der Waals surface area contributed by atoms with E-state index in [2.05, 4.69) is 5.32 Å². The Morgan fingerprint density at radius 2 is 2.12 bits per heavy atom. The van der Waals surface area contributed by atoms with Crippen molar-refractivity contribution in [2.75, 3.05) is 33.5 Å². The number of rotatable bonds is 9. The molecule has 0 radical (unpaired) electrons. The van der Waals surface area contributed by atoms with Crippen LogP contribution in [0.15, 0.2) is 18.2 Å². The van der Waals surface area contributed by atoms with E-state index in [0.717, 1.165) is 24.0 Å². The standard InChI is InChI=1S/C19H26ClNO5/c1-3-26-18(23)11-17(21-13-22)14-8-15(10-16(20)9-14)19(12-24-2)4-6-25-7-5-19/h8-10,13,17H,3-7,11-12H2,1-2H3,(H,21,22). The molecule has 6 nitrogen and oxygen atoms in total. The van der Waals surface area contributed by atoms with E-state index in [1.165, 1.54) is 0 Å². The largest absolute Gasteiger partial charge is 0.466 e. The Bertz CT molecular complexity index is 610. The highest BCUT2D eigenvalue weighted by Crippen LogP contribution is 2.38. The molecule has 2 rings (SSSR count). The lowest BCUT2D eigenvalue weighted by atomic mass is 9.74. The molecular formula is C19H26ClNO5. The Labute approximate surface area is 159 Å². The molecule has 7 heteroatoms. The van der Waals surface area contributed by atoms with Crippen LogP contribution in [0, 0.1) is 0 Å². The van der Waals surface area contributed by atoms with Crippen molar-refractivity contribution in [3.8, 4) is 0 Å². The van der Waals surface area contributed by atoms with Gasteiger partial charge in [0.25, 0.3) is 0 Å². The molecule has 1 N–H and O–H groups in total. The molecule has 1 aromatic carbocycles. The molecule has 1 aliphatic rings. The molecule has 144 valence electrons. The topological polar surface area (TPSA) is 73.9 Å². The molecular weight excluding hydrogens is 358 g/mol. The molecule has 0 saturated carbocycles. The second-order valence-electron chi connectivity index (χ2n) is 6.45. The van der Waals surface area contributed by atoms with Gasteiger partial charge in [-0.2, -0.15) is 0 Å². The second-order valence-corrected chi connectivity index (χ2v) is 6.88. The number of carbonyl (C=O) groups is 2. The minimum atomic E-state index is -0.497. The second kappa shape index (κ2) is 9.90. The first-order valence-corrected chi connectivity index (χ1v) is 9.15. The molecule has 1 amide bonds. The maximum atomic E-state index is 11.9. The summed E-state index contributed by atoms with van der Waals surface area (Å²) in [5.74, 6) is -0.369. The summed E-state index contributed by atoms with van der Waals surface area (Å²) in [6.07, 6.45) is 2.28. The summed E-state index contributed by atoms with van der Waals surface area (Å²) in [6, 6.07) is 5.20. The summed E-state index contributed by atoms with van der Waals surface area (Å²) < 4.78 is 16.0. The van der Waals surface area contributed by atoms with E-state index in [0.29, 0.717) is 37.9 Å². The number of nitrogens with one attached hydrogen (secondary N) is 1. The number of benzene rings is 1. The molecule has 0 bridgehead atoms. The molecule has 1 heterocycles. The smallest absolute Gasteiger partial charge is 0.308 e. The van der Waals surface area contributed by atoms with Gasteiger partial charge in [-0.25, -0.2) is 0 Å². The van der Waals surface area contributed by atoms with E-state index in [9.17, 15) is 9.59 Å². The van der Waals surface area contributed by atoms with E-state index in [4.69, 9.17) is 25.8 Å². The number of carbonyl (C=O) groups excluding carboxylic acids is 2. The minimum absolute atomic E-state index is 0.0484. The number of amides is 1. The zero-order chi connectivity index (χ0) is 19.0. The monoisotopic (exact) mass is 383 g/mol. The lowest BCUT2D eigenvalue weighted by molar-refractivity contribution is -0.143. The number of hydrogen-bond donors (Lipinski definition) is 1. The molecule has 0 spiro atoms. The quantitative estimate of drug-likeness (QED) is 0.524. The zero-order valence-electron chi connectivity index (χ0n) is 15.3.